The first-order valence-corrected chi connectivity index (χ1v) is 12.1. The fraction of sp³-hybridized carbons (Fsp3) is 0.368. The Morgan fingerprint density at radius 1 is 1.29 bits per heavy atom. The van der Waals surface area contributed by atoms with Crippen LogP contribution in [0.1, 0.15) is 18.5 Å². The van der Waals surface area contributed by atoms with Crippen LogP contribution in [-0.4, -0.2) is 77.3 Å². The van der Waals surface area contributed by atoms with E-state index in [0.29, 0.717) is 0 Å². The Kier molecular flexibility index (Phi) is 7.32. The van der Waals surface area contributed by atoms with Gasteiger partial charge >= 0.3 is 22.2 Å². The number of methoxy groups -OCH3 is 1. The number of β-lactam (4-membered cyclic amide) rings is 1. The zero-order valence-electron chi connectivity index (χ0n) is 17.9. The summed E-state index contributed by atoms with van der Waals surface area (Å²) < 4.78 is 44.1. The van der Waals surface area contributed by atoms with Crippen LogP contribution in [0.25, 0.3) is 0 Å². The van der Waals surface area contributed by atoms with Crippen molar-refractivity contribution in [3.8, 4) is 0 Å². The van der Waals surface area contributed by atoms with E-state index >= 15 is 0 Å². The number of carbonyl (C=O) groups excluding carboxylic acids is 3. The quantitative estimate of drug-likeness (QED) is 0.142. The highest BCUT2D eigenvalue weighted by molar-refractivity contribution is 8.00. The molecule has 1 aromatic rings. The summed E-state index contributed by atoms with van der Waals surface area (Å²) in [4.78, 5) is 50.1. The van der Waals surface area contributed by atoms with Gasteiger partial charge in [0.05, 0.1) is 0 Å². The predicted octanol–water partition coefficient (Wildman–Crippen LogP) is -0.604. The number of carboxylic acid groups (broad SMARTS) is 1. The van der Waals surface area contributed by atoms with Crippen LogP contribution in [0, 0.1) is 0 Å². The van der Waals surface area contributed by atoms with E-state index in [1.165, 1.54) is 24.3 Å². The van der Waals surface area contributed by atoms with Gasteiger partial charge < -0.3 is 19.9 Å². The van der Waals surface area contributed by atoms with E-state index in [4.69, 9.17) is 9.47 Å². The number of carbonyl (C=O) groups is 4. The molecule has 4 N–H and O–H groups in total. The third-order valence-electron chi connectivity index (χ3n) is 5.06. The van der Waals surface area contributed by atoms with Crippen molar-refractivity contribution in [1.29, 1.82) is 0 Å². The van der Waals surface area contributed by atoms with Crippen LogP contribution in [-0.2, 0) is 39.0 Å². The van der Waals surface area contributed by atoms with Crippen molar-refractivity contribution in [3.05, 3.63) is 47.2 Å². The maximum Gasteiger partial charge on any atom is 0.352 e. The number of aliphatic carboxylic acids is 1. The van der Waals surface area contributed by atoms with Crippen LogP contribution < -0.4 is 10.0 Å². The number of fused-ring (bicyclic) bond motifs is 1. The number of carboxylic acids is 1. The van der Waals surface area contributed by atoms with E-state index in [-0.39, 0.29) is 23.5 Å². The molecule has 1 saturated heterocycles. The van der Waals surface area contributed by atoms with Crippen LogP contribution in [0.2, 0.25) is 0 Å². The summed E-state index contributed by atoms with van der Waals surface area (Å²) in [5.74, 6) is -3.96. The average Bonchev–Trinajstić information content (AvgIpc) is 2.78. The summed E-state index contributed by atoms with van der Waals surface area (Å²) in [6, 6.07) is 5.94. The summed E-state index contributed by atoms with van der Waals surface area (Å²) in [5, 5.41) is 11.0. The molecule has 1 aromatic carbocycles. The first-order chi connectivity index (χ1) is 15.9. The molecular formula is C19H21N3O10S2. The summed E-state index contributed by atoms with van der Waals surface area (Å²) in [5.41, 5.74) is -2.06. The summed E-state index contributed by atoms with van der Waals surface area (Å²) >= 11 is 1.06. The zero-order valence-corrected chi connectivity index (χ0v) is 19.5. The number of esters is 1. The smallest absolute Gasteiger partial charge is 0.352 e. The van der Waals surface area contributed by atoms with E-state index in [2.05, 4.69) is 5.32 Å². The van der Waals surface area contributed by atoms with E-state index in [1.807, 2.05) is 0 Å². The molecule has 0 saturated carbocycles. The lowest BCUT2D eigenvalue weighted by Gasteiger charge is -2.55. The number of amides is 2. The van der Waals surface area contributed by atoms with Crippen molar-refractivity contribution in [2.45, 2.75) is 24.1 Å². The monoisotopic (exact) mass is 515 g/mol. The molecule has 184 valence electrons. The Balaban J connectivity index is 1.91. The summed E-state index contributed by atoms with van der Waals surface area (Å²) in [6.45, 7) is 0.824. The van der Waals surface area contributed by atoms with Gasteiger partial charge in [-0.2, -0.15) is 13.1 Å². The Morgan fingerprint density at radius 2 is 1.94 bits per heavy atom. The standard InChI is InChI=1S/C19H21N3O10S2/c1-10(23)32-8-12-9-33-18-19(31-2,17(27)22(18)14(12)16(25)26)20-15(24)13(21-34(28,29)30)11-6-4-3-5-7-11/h3-7,13,18,21H,8-9H2,1-2H3,(H,20,24)(H,25,26)(H,28,29,30)/t13?,18-,19?/m1/s1. The van der Waals surface area contributed by atoms with Crippen molar-refractivity contribution in [1.82, 2.24) is 14.9 Å². The molecule has 0 aliphatic carbocycles. The van der Waals surface area contributed by atoms with Crippen LogP contribution in [0.15, 0.2) is 41.6 Å². The van der Waals surface area contributed by atoms with Crippen LogP contribution >= 0.6 is 11.8 Å². The normalized spacial score (nSPS) is 23.0. The molecule has 15 heteroatoms. The Bertz CT molecular complexity index is 1150. The lowest BCUT2D eigenvalue weighted by molar-refractivity contribution is -0.193. The van der Waals surface area contributed by atoms with Gasteiger partial charge in [0.1, 0.15) is 23.7 Å². The van der Waals surface area contributed by atoms with Gasteiger partial charge in [-0.15, -0.1) is 11.8 Å². The molecule has 2 amide bonds. The van der Waals surface area contributed by atoms with Gasteiger partial charge in [-0.1, -0.05) is 30.3 Å². The van der Waals surface area contributed by atoms with E-state index in [1.54, 1.807) is 10.8 Å². The molecule has 34 heavy (non-hydrogen) atoms. The van der Waals surface area contributed by atoms with Gasteiger partial charge in [0.25, 0.3) is 11.6 Å². The van der Waals surface area contributed by atoms with Gasteiger partial charge in [0.2, 0.25) is 5.91 Å². The van der Waals surface area contributed by atoms with Gasteiger partial charge in [0, 0.05) is 25.4 Å². The number of rotatable bonds is 9. The number of benzene rings is 1. The van der Waals surface area contributed by atoms with E-state index in [9.17, 15) is 37.3 Å². The van der Waals surface area contributed by atoms with Crippen molar-refractivity contribution >= 4 is 45.8 Å². The second-order valence-electron chi connectivity index (χ2n) is 7.24. The minimum atomic E-state index is -4.82. The largest absolute Gasteiger partial charge is 0.477 e. The Labute approximate surface area is 198 Å². The first-order valence-electron chi connectivity index (χ1n) is 9.62. The number of hydrogen-bond donors (Lipinski definition) is 4. The van der Waals surface area contributed by atoms with Crippen LogP contribution in [0.5, 0.6) is 0 Å². The van der Waals surface area contributed by atoms with Gasteiger partial charge in [-0.25, -0.2) is 4.79 Å². The predicted molar refractivity (Wildman–Crippen MR) is 116 cm³/mol. The minimum absolute atomic E-state index is 0.0513. The topological polar surface area (TPSA) is 189 Å². The minimum Gasteiger partial charge on any atom is -0.477 e. The summed E-state index contributed by atoms with van der Waals surface area (Å²) in [7, 11) is -3.70. The number of ether oxygens (including phenoxy) is 2. The lowest BCUT2D eigenvalue weighted by Crippen LogP contribution is -2.81. The number of nitrogens with one attached hydrogen (secondary N) is 2. The first kappa shape index (κ1) is 25.6. The molecule has 3 atom stereocenters. The lowest BCUT2D eigenvalue weighted by atomic mass is 9.97. The van der Waals surface area contributed by atoms with Crippen molar-refractivity contribution < 1.29 is 46.7 Å². The van der Waals surface area contributed by atoms with Crippen molar-refractivity contribution in [3.63, 3.8) is 0 Å². The highest BCUT2D eigenvalue weighted by atomic mass is 32.2. The molecular weight excluding hydrogens is 494 g/mol. The molecule has 2 aliphatic rings. The molecule has 1 fully saturated rings. The molecule has 0 spiro atoms. The number of thioether (sulfide) groups is 1. The molecule has 0 aromatic heterocycles. The summed E-state index contributed by atoms with van der Waals surface area (Å²) in [6.07, 6.45) is 0. The maximum atomic E-state index is 13.1. The van der Waals surface area contributed by atoms with Crippen LogP contribution in [0.4, 0.5) is 0 Å². The zero-order chi connectivity index (χ0) is 25.3. The highest BCUT2D eigenvalue weighted by Gasteiger charge is 2.67. The fourth-order valence-corrected chi connectivity index (χ4v) is 5.53. The van der Waals surface area contributed by atoms with E-state index < -0.39 is 56.9 Å². The number of nitrogens with zero attached hydrogens (tertiary/aromatic N) is 1. The van der Waals surface area contributed by atoms with Crippen LogP contribution in [0.3, 0.4) is 0 Å². The van der Waals surface area contributed by atoms with Gasteiger partial charge in [-0.3, -0.25) is 23.8 Å². The fourth-order valence-electron chi connectivity index (χ4n) is 3.57. The Hall–Kier alpha value is -2.98. The number of hydrogen-bond acceptors (Lipinski definition) is 9. The SMILES string of the molecule is COC1(NC(=O)C(NS(=O)(=O)O)c2ccccc2)C(=O)N2C(C(=O)O)=C(COC(C)=O)CS[C@@H]21. The van der Waals surface area contributed by atoms with Crippen molar-refractivity contribution in [2.24, 2.45) is 0 Å². The third kappa shape index (κ3) is 4.92. The highest BCUT2D eigenvalue weighted by Crippen LogP contribution is 2.46. The van der Waals surface area contributed by atoms with Gasteiger partial charge in [-0.05, 0) is 5.56 Å². The van der Waals surface area contributed by atoms with Gasteiger partial charge in [0.15, 0.2) is 0 Å². The molecule has 0 bridgehead atoms. The second kappa shape index (κ2) is 9.71. The molecule has 2 heterocycles. The maximum absolute atomic E-state index is 13.1. The Morgan fingerprint density at radius 3 is 2.47 bits per heavy atom. The molecule has 2 unspecified atom stereocenters. The molecule has 13 nitrogen and oxygen atoms in total. The molecule has 0 radical (unpaired) electrons. The third-order valence-corrected chi connectivity index (χ3v) is 6.96. The molecule has 2 aliphatic heterocycles. The molecule has 3 rings (SSSR count). The van der Waals surface area contributed by atoms with E-state index in [0.717, 1.165) is 30.7 Å². The van der Waals surface area contributed by atoms with Crippen molar-refractivity contribution in [2.75, 3.05) is 19.5 Å². The second-order valence-corrected chi connectivity index (χ2v) is 9.50. The average molecular weight is 516 g/mol.